The molecule has 0 saturated heterocycles. The van der Waals surface area contributed by atoms with Gasteiger partial charge in [0.2, 0.25) is 17.9 Å². The second-order valence-electron chi connectivity index (χ2n) is 10.4. The molecule has 2 amide bonds. The van der Waals surface area contributed by atoms with Gasteiger partial charge in [-0.15, -0.1) is 0 Å². The van der Waals surface area contributed by atoms with Gasteiger partial charge in [0.15, 0.2) is 17.3 Å². The number of hydrogen-bond donors (Lipinski definition) is 0. The Balaban J connectivity index is 0.00000241. The van der Waals surface area contributed by atoms with Crippen LogP contribution in [0.4, 0.5) is 35.4 Å². The summed E-state index contributed by atoms with van der Waals surface area (Å²) in [5.41, 5.74) is -8.02. The van der Waals surface area contributed by atoms with Gasteiger partial charge in [-0.1, -0.05) is 19.9 Å². The van der Waals surface area contributed by atoms with Gasteiger partial charge in [-0.3, -0.25) is 19.2 Å². The fraction of sp³-hybridized carbons (Fsp3) is 0.483. The van der Waals surface area contributed by atoms with Crippen LogP contribution in [0.5, 0.6) is 5.75 Å². The summed E-state index contributed by atoms with van der Waals surface area (Å²) in [7, 11) is 1.23. The molecule has 4 rings (SSSR count). The molecular weight excluding hydrogens is 632 g/mol. The zero-order valence-corrected chi connectivity index (χ0v) is 25.8. The molecule has 252 valence electrons. The number of aryl methyl sites for hydroxylation is 1. The van der Waals surface area contributed by atoms with E-state index in [4.69, 9.17) is 4.74 Å². The molecule has 0 bridgehead atoms. The lowest BCUT2D eigenvalue weighted by molar-refractivity contribution is -0.138. The zero-order chi connectivity index (χ0) is 34.3. The van der Waals surface area contributed by atoms with Crippen molar-refractivity contribution < 1.29 is 49.8 Å². The Labute approximate surface area is 258 Å². The fourth-order valence-corrected chi connectivity index (χ4v) is 4.53. The maximum absolute atomic E-state index is 15.3. The van der Waals surface area contributed by atoms with E-state index in [-0.39, 0.29) is 34.5 Å². The van der Waals surface area contributed by atoms with E-state index < -0.39 is 64.0 Å². The van der Waals surface area contributed by atoms with Crippen LogP contribution in [-0.2, 0) is 23.7 Å². The first-order valence-corrected chi connectivity index (χ1v) is 13.7. The Morgan fingerprint density at radius 3 is 2.15 bits per heavy atom. The minimum Gasteiger partial charge on any atom is -0.455 e. The summed E-state index contributed by atoms with van der Waals surface area (Å²) in [6.45, 7) is 6.76. The number of halogens is 8. The molecule has 0 radical (unpaired) electrons. The van der Waals surface area contributed by atoms with Crippen molar-refractivity contribution in [2.45, 2.75) is 84.0 Å². The summed E-state index contributed by atoms with van der Waals surface area (Å²) in [5.74, 6) is -7.17. The lowest BCUT2D eigenvalue weighted by Gasteiger charge is -2.26. The van der Waals surface area contributed by atoms with Crippen LogP contribution in [0.25, 0.3) is 16.9 Å². The third-order valence-electron chi connectivity index (χ3n) is 7.09. The number of alkyl halides is 7. The SMILES string of the molecule is CC.CC(=O)N(C(=O)c1cc(-c2cnn(-c3c(OC(C)F)c(C(C)(F)C(C)(F)F)nn3C)c2)ccc1C(F)(F)F)C1(C#N)CC1.F. The van der Waals surface area contributed by atoms with Gasteiger partial charge in [0.25, 0.3) is 11.8 Å². The monoisotopic (exact) mass is 664 g/mol. The van der Waals surface area contributed by atoms with E-state index in [1.165, 1.54) is 13.2 Å². The topological polar surface area (TPSA) is 106 Å². The molecule has 46 heavy (non-hydrogen) atoms. The van der Waals surface area contributed by atoms with Crippen molar-refractivity contribution in [3.63, 3.8) is 0 Å². The van der Waals surface area contributed by atoms with E-state index in [0.29, 0.717) is 24.8 Å². The Morgan fingerprint density at radius 1 is 1.11 bits per heavy atom. The molecule has 2 unspecified atom stereocenters. The fourth-order valence-electron chi connectivity index (χ4n) is 4.53. The second kappa shape index (κ2) is 13.1. The summed E-state index contributed by atoms with van der Waals surface area (Å²) in [5, 5.41) is 17.3. The van der Waals surface area contributed by atoms with Crippen LogP contribution in [0.15, 0.2) is 30.6 Å². The Kier molecular flexibility index (Phi) is 10.7. The number of nitriles is 1. The van der Waals surface area contributed by atoms with Crippen molar-refractivity contribution in [2.75, 3.05) is 0 Å². The van der Waals surface area contributed by atoms with Gasteiger partial charge >= 0.3 is 6.18 Å². The van der Waals surface area contributed by atoms with Crippen LogP contribution < -0.4 is 4.74 Å². The molecule has 9 nitrogen and oxygen atoms in total. The van der Waals surface area contributed by atoms with Gasteiger partial charge in [-0.2, -0.15) is 28.6 Å². The van der Waals surface area contributed by atoms with Crippen LogP contribution in [0, 0.1) is 11.3 Å². The van der Waals surface area contributed by atoms with E-state index in [9.17, 15) is 41.2 Å². The average Bonchev–Trinajstić information content (AvgIpc) is 3.43. The van der Waals surface area contributed by atoms with E-state index >= 15 is 4.39 Å². The van der Waals surface area contributed by atoms with Crippen LogP contribution in [0.3, 0.4) is 0 Å². The van der Waals surface area contributed by atoms with Crippen LogP contribution in [0.1, 0.15) is 76.0 Å². The van der Waals surface area contributed by atoms with Gasteiger partial charge in [0.1, 0.15) is 5.54 Å². The van der Waals surface area contributed by atoms with Gasteiger partial charge < -0.3 is 4.74 Å². The molecule has 0 spiro atoms. The van der Waals surface area contributed by atoms with Crippen molar-refractivity contribution in [3.8, 4) is 28.8 Å². The van der Waals surface area contributed by atoms with Gasteiger partial charge in [-0.05, 0) is 37.5 Å². The predicted molar refractivity (Wildman–Crippen MR) is 149 cm³/mol. The molecule has 0 N–H and O–H groups in total. The third kappa shape index (κ3) is 6.85. The highest BCUT2D eigenvalue weighted by Crippen LogP contribution is 2.47. The average molecular weight is 665 g/mol. The molecule has 1 saturated carbocycles. The van der Waals surface area contributed by atoms with E-state index in [1.807, 2.05) is 19.9 Å². The van der Waals surface area contributed by atoms with Crippen molar-refractivity contribution in [1.82, 2.24) is 24.5 Å². The largest absolute Gasteiger partial charge is 0.455 e. The smallest absolute Gasteiger partial charge is 0.417 e. The lowest BCUT2D eigenvalue weighted by Crippen LogP contribution is -2.45. The third-order valence-corrected chi connectivity index (χ3v) is 7.09. The van der Waals surface area contributed by atoms with E-state index in [1.54, 1.807) is 0 Å². The van der Waals surface area contributed by atoms with Gasteiger partial charge in [0.05, 0.1) is 23.4 Å². The highest BCUT2D eigenvalue weighted by Gasteiger charge is 2.55. The van der Waals surface area contributed by atoms with Crippen LogP contribution in [-0.4, -0.2) is 54.1 Å². The number of amides is 2. The summed E-state index contributed by atoms with van der Waals surface area (Å²) in [6, 6.07) is 4.36. The molecule has 0 aliphatic heterocycles. The van der Waals surface area contributed by atoms with E-state index in [2.05, 4.69) is 10.2 Å². The molecule has 1 fully saturated rings. The van der Waals surface area contributed by atoms with Crippen molar-refractivity contribution in [2.24, 2.45) is 7.05 Å². The highest BCUT2D eigenvalue weighted by atomic mass is 19.4. The molecule has 2 aromatic heterocycles. The number of imide groups is 1. The highest BCUT2D eigenvalue weighted by molar-refractivity contribution is 6.07. The van der Waals surface area contributed by atoms with Gasteiger partial charge in [0, 0.05) is 39.6 Å². The van der Waals surface area contributed by atoms with Gasteiger partial charge in [-0.25, -0.2) is 26.9 Å². The lowest BCUT2D eigenvalue weighted by atomic mass is 9.97. The van der Waals surface area contributed by atoms with Crippen molar-refractivity contribution in [1.29, 1.82) is 5.26 Å². The molecule has 1 aliphatic carbocycles. The number of carbonyl (C=O) groups excluding carboxylic acids is 2. The van der Waals surface area contributed by atoms with Crippen LogP contribution in [0.2, 0.25) is 0 Å². The summed E-state index contributed by atoms with van der Waals surface area (Å²) in [4.78, 5) is 26.2. The van der Waals surface area contributed by atoms with Crippen molar-refractivity contribution >= 4 is 11.8 Å². The maximum Gasteiger partial charge on any atom is 0.417 e. The molecule has 3 aromatic rings. The number of benzene rings is 1. The normalized spacial score (nSPS) is 15.7. The standard InChI is InChI=1S/C27H25F7N6O3.C2H6.FH/c1-14(28)43-20-21(24(3,29)25(4,30)31)37-38(5)22(20)39-12-17(11-36-39)16-6-7-19(27(32,33)34)18(10-16)23(42)40(15(2)41)26(13-35)8-9-26;1-2;/h6-7,10-12,14H,8-9H2,1-5H3;1-2H3;1H. The molecule has 17 heteroatoms. The van der Waals surface area contributed by atoms with Crippen molar-refractivity contribution in [3.05, 3.63) is 47.4 Å². The van der Waals surface area contributed by atoms with Crippen LogP contribution >= 0.6 is 0 Å². The van der Waals surface area contributed by atoms with E-state index in [0.717, 1.165) is 41.5 Å². The molecular formula is C29H32F8N6O3. The summed E-state index contributed by atoms with van der Waals surface area (Å²) >= 11 is 0. The first-order chi connectivity index (χ1) is 20.7. The Morgan fingerprint density at radius 2 is 1.70 bits per heavy atom. The number of ether oxygens (including phenoxy) is 1. The number of rotatable bonds is 8. The molecule has 2 heterocycles. The summed E-state index contributed by atoms with van der Waals surface area (Å²) in [6.07, 6.45) is -4.55. The quantitative estimate of drug-likeness (QED) is 0.239. The Hall–Kier alpha value is -4.49. The number of carbonyl (C=O) groups is 2. The minimum absolute atomic E-state index is 0. The molecule has 2 atom stereocenters. The number of aromatic nitrogens is 4. The minimum atomic E-state index is -5.00. The zero-order valence-electron chi connectivity index (χ0n) is 25.8. The Bertz CT molecular complexity index is 1630. The number of hydrogen-bond acceptors (Lipinski definition) is 6. The predicted octanol–water partition coefficient (Wildman–Crippen LogP) is 7.05. The first kappa shape index (κ1) is 37.7. The molecule has 1 aromatic carbocycles. The maximum atomic E-state index is 15.3. The first-order valence-electron chi connectivity index (χ1n) is 13.7. The molecule has 1 aliphatic rings. The second-order valence-corrected chi connectivity index (χ2v) is 10.4. The summed E-state index contributed by atoms with van der Waals surface area (Å²) < 4.78 is 106. The number of nitrogens with zero attached hydrogens (tertiary/aromatic N) is 6.